The maximum atomic E-state index is 12.4. The summed E-state index contributed by atoms with van der Waals surface area (Å²) in [6, 6.07) is 15.6. The number of ether oxygens (including phenoxy) is 3. The van der Waals surface area contributed by atoms with E-state index in [1.807, 2.05) is 30.3 Å². The molecule has 0 unspecified atom stereocenters. The van der Waals surface area contributed by atoms with Crippen LogP contribution >= 0.6 is 11.6 Å². The molecule has 0 atom stereocenters. The summed E-state index contributed by atoms with van der Waals surface area (Å²) in [6.07, 6.45) is 2.92. The first-order chi connectivity index (χ1) is 17.6. The topological polar surface area (TPSA) is 83.8 Å². The molecule has 0 fully saturated rings. The van der Waals surface area contributed by atoms with Crippen LogP contribution < -0.4 is 5.48 Å². The second-order valence-electron chi connectivity index (χ2n) is 8.20. The molecule has 0 radical (unpaired) electrons. The van der Waals surface area contributed by atoms with Crippen molar-refractivity contribution < 1.29 is 23.8 Å². The van der Waals surface area contributed by atoms with E-state index in [9.17, 15) is 4.79 Å². The number of nitrogens with zero attached hydrogens (tertiary/aromatic N) is 2. The predicted molar refractivity (Wildman–Crippen MR) is 139 cm³/mol. The zero-order valence-corrected chi connectivity index (χ0v) is 21.8. The van der Waals surface area contributed by atoms with Crippen LogP contribution in [0.25, 0.3) is 11.1 Å². The number of halogens is 1. The molecule has 0 spiro atoms. The van der Waals surface area contributed by atoms with Crippen molar-refractivity contribution in [2.24, 2.45) is 0 Å². The second-order valence-corrected chi connectivity index (χ2v) is 8.56. The zero-order chi connectivity index (χ0) is 25.8. The molecule has 3 aromatic rings. The number of hydrogen-bond donors (Lipinski definition) is 1. The standard InChI is InChI=1S/C27H34ClN3O5/c1-4-5-10-25-29-26(28)24(18-36-19-35-16-15-33-2)31(25)17-20-11-13-21(14-12-20)22-8-6-7-9-23(22)27(32)30-34-3/h6-9,11-14H,4-5,10,15-19H2,1-3H3,(H,30,32). The van der Waals surface area contributed by atoms with Crippen molar-refractivity contribution in [3.8, 4) is 11.1 Å². The lowest BCUT2D eigenvalue weighted by Gasteiger charge is -2.14. The average molecular weight is 516 g/mol. The molecule has 8 nitrogen and oxygen atoms in total. The van der Waals surface area contributed by atoms with Crippen molar-refractivity contribution in [1.82, 2.24) is 15.0 Å². The van der Waals surface area contributed by atoms with Crippen molar-refractivity contribution in [2.75, 3.05) is 34.2 Å². The van der Waals surface area contributed by atoms with Gasteiger partial charge in [0.1, 0.15) is 12.6 Å². The molecule has 0 aliphatic carbocycles. The Labute approximate surface area is 217 Å². The summed E-state index contributed by atoms with van der Waals surface area (Å²) in [6.45, 7) is 4.19. The lowest BCUT2D eigenvalue weighted by atomic mass is 9.98. The fourth-order valence-electron chi connectivity index (χ4n) is 3.81. The highest BCUT2D eigenvalue weighted by Crippen LogP contribution is 2.26. The van der Waals surface area contributed by atoms with E-state index in [1.54, 1.807) is 13.2 Å². The summed E-state index contributed by atoms with van der Waals surface area (Å²) in [7, 11) is 3.05. The summed E-state index contributed by atoms with van der Waals surface area (Å²) in [5.74, 6) is 0.646. The Balaban J connectivity index is 1.78. The first kappa shape index (κ1) is 27.8. The Morgan fingerprint density at radius 2 is 1.83 bits per heavy atom. The van der Waals surface area contributed by atoms with E-state index in [2.05, 4.69) is 34.1 Å². The lowest BCUT2D eigenvalue weighted by molar-refractivity contribution is -0.0737. The number of rotatable bonds is 15. The number of amides is 1. The smallest absolute Gasteiger partial charge is 0.275 e. The van der Waals surface area contributed by atoms with Crippen molar-refractivity contribution >= 4 is 17.5 Å². The van der Waals surface area contributed by atoms with Gasteiger partial charge >= 0.3 is 0 Å². The summed E-state index contributed by atoms with van der Waals surface area (Å²) in [5.41, 5.74) is 6.61. The minimum Gasteiger partial charge on any atom is -0.382 e. The molecular weight excluding hydrogens is 482 g/mol. The molecule has 194 valence electrons. The fourth-order valence-corrected chi connectivity index (χ4v) is 4.06. The summed E-state index contributed by atoms with van der Waals surface area (Å²) in [5, 5.41) is 0.452. The highest BCUT2D eigenvalue weighted by Gasteiger charge is 2.17. The van der Waals surface area contributed by atoms with Crippen molar-refractivity contribution in [3.63, 3.8) is 0 Å². The van der Waals surface area contributed by atoms with Gasteiger partial charge in [0.05, 0.1) is 32.6 Å². The van der Waals surface area contributed by atoms with E-state index in [0.717, 1.165) is 47.5 Å². The number of aryl methyl sites for hydroxylation is 1. The van der Waals surface area contributed by atoms with Gasteiger partial charge in [0.15, 0.2) is 5.15 Å². The lowest BCUT2D eigenvalue weighted by Crippen LogP contribution is -2.22. The molecule has 0 saturated carbocycles. The molecule has 3 rings (SSSR count). The Morgan fingerprint density at radius 3 is 2.56 bits per heavy atom. The molecule has 1 amide bonds. The number of hydrogen-bond acceptors (Lipinski definition) is 6. The SMILES string of the molecule is CCCCc1nc(Cl)c(COCOCCOC)n1Cc1ccc(-c2ccccc2C(=O)NOC)cc1. The van der Waals surface area contributed by atoms with E-state index in [0.29, 0.717) is 37.1 Å². The molecule has 0 aliphatic rings. The van der Waals surface area contributed by atoms with Crippen LogP contribution in [0.15, 0.2) is 48.5 Å². The Hall–Kier alpha value is -2.75. The van der Waals surface area contributed by atoms with Crippen LogP contribution in [0.4, 0.5) is 0 Å². The van der Waals surface area contributed by atoms with E-state index >= 15 is 0 Å². The first-order valence-corrected chi connectivity index (χ1v) is 12.4. The quantitative estimate of drug-likeness (QED) is 0.174. The monoisotopic (exact) mass is 515 g/mol. The van der Waals surface area contributed by atoms with Crippen LogP contribution in [0.2, 0.25) is 5.15 Å². The predicted octanol–water partition coefficient (Wildman–Crippen LogP) is 5.02. The Morgan fingerprint density at radius 1 is 1.06 bits per heavy atom. The van der Waals surface area contributed by atoms with E-state index in [4.69, 9.17) is 30.6 Å². The third-order valence-corrected chi connectivity index (χ3v) is 5.97. The highest BCUT2D eigenvalue weighted by atomic mass is 35.5. The fraction of sp³-hybridized carbons (Fsp3) is 0.407. The van der Waals surface area contributed by atoms with Gasteiger partial charge in [-0.15, -0.1) is 0 Å². The Bertz CT molecular complexity index is 1100. The summed E-state index contributed by atoms with van der Waals surface area (Å²) in [4.78, 5) is 21.8. The molecule has 9 heteroatoms. The van der Waals surface area contributed by atoms with Gasteiger partial charge in [0.25, 0.3) is 5.91 Å². The average Bonchev–Trinajstić information content (AvgIpc) is 3.19. The Kier molecular flexibility index (Phi) is 11.4. The number of imidazole rings is 1. The van der Waals surface area contributed by atoms with Crippen LogP contribution in [0.3, 0.4) is 0 Å². The minimum absolute atomic E-state index is 0.153. The van der Waals surface area contributed by atoms with Crippen LogP contribution in [0.5, 0.6) is 0 Å². The highest BCUT2D eigenvalue weighted by molar-refractivity contribution is 6.30. The third kappa shape index (κ3) is 7.62. The molecule has 2 aromatic carbocycles. The number of carbonyl (C=O) groups excluding carboxylic acids is 1. The van der Waals surface area contributed by atoms with Gasteiger partial charge in [-0.2, -0.15) is 0 Å². The molecule has 1 aromatic heterocycles. The molecule has 0 saturated heterocycles. The van der Waals surface area contributed by atoms with Crippen LogP contribution in [0, 0.1) is 0 Å². The minimum atomic E-state index is -0.290. The zero-order valence-electron chi connectivity index (χ0n) is 21.1. The van der Waals surface area contributed by atoms with Crippen LogP contribution in [0.1, 0.15) is 47.2 Å². The van der Waals surface area contributed by atoms with Gasteiger partial charge in [0.2, 0.25) is 0 Å². The third-order valence-electron chi connectivity index (χ3n) is 5.67. The number of aromatic nitrogens is 2. The normalized spacial score (nSPS) is 11.1. The van der Waals surface area contributed by atoms with Crippen LogP contribution in [-0.4, -0.2) is 49.7 Å². The largest absolute Gasteiger partial charge is 0.382 e. The summed E-state index contributed by atoms with van der Waals surface area (Å²) < 4.78 is 18.2. The molecule has 0 bridgehead atoms. The van der Waals surface area contributed by atoms with Crippen molar-refractivity contribution in [1.29, 1.82) is 0 Å². The van der Waals surface area contributed by atoms with Gasteiger partial charge < -0.3 is 18.8 Å². The van der Waals surface area contributed by atoms with Crippen molar-refractivity contribution in [3.05, 3.63) is 76.3 Å². The van der Waals surface area contributed by atoms with Gasteiger partial charge in [-0.25, -0.2) is 10.5 Å². The van der Waals surface area contributed by atoms with Gasteiger partial charge in [-0.05, 0) is 29.2 Å². The molecule has 0 aliphatic heterocycles. The van der Waals surface area contributed by atoms with Crippen LogP contribution in [-0.2, 0) is 38.6 Å². The number of carbonyl (C=O) groups is 1. The van der Waals surface area contributed by atoms with E-state index in [-0.39, 0.29) is 12.7 Å². The van der Waals surface area contributed by atoms with Gasteiger partial charge in [-0.3, -0.25) is 9.63 Å². The van der Waals surface area contributed by atoms with E-state index < -0.39 is 0 Å². The summed E-state index contributed by atoms with van der Waals surface area (Å²) >= 11 is 6.51. The van der Waals surface area contributed by atoms with Gasteiger partial charge in [0, 0.05) is 25.6 Å². The van der Waals surface area contributed by atoms with Gasteiger partial charge in [-0.1, -0.05) is 67.4 Å². The number of benzene rings is 2. The maximum absolute atomic E-state index is 12.4. The molecule has 36 heavy (non-hydrogen) atoms. The van der Waals surface area contributed by atoms with Crippen molar-refractivity contribution in [2.45, 2.75) is 39.3 Å². The number of methoxy groups -OCH3 is 1. The number of unbranched alkanes of at least 4 members (excludes halogenated alkanes) is 1. The molecular formula is C27H34ClN3O5. The first-order valence-electron chi connectivity index (χ1n) is 12.0. The maximum Gasteiger partial charge on any atom is 0.275 e. The number of hydroxylamine groups is 1. The second kappa shape index (κ2) is 14.7. The van der Waals surface area contributed by atoms with E-state index in [1.165, 1.54) is 7.11 Å². The molecule has 1 N–H and O–H groups in total. The molecule has 1 heterocycles. The number of nitrogens with one attached hydrogen (secondary N) is 1.